The standard InChI is InChI=1S/C33H44N2O7/c1-22(2)13-18-41-27-12-9-25(21-28(27)39-5)30-29(31(36)24-7-10-26(11-8-24)42-23(3)4)32(37)33(38)35(30)15-6-14-34-16-19-40-20-17-34/h7-12,21-23,30,36H,6,13-20H2,1-5H3. The SMILES string of the molecule is COc1cc(C2C(=C(O)c3ccc(OC(C)C)cc3)C(=O)C(=O)N2CCCN2CCOCC2)ccc1OCCC(C)C. The first kappa shape index (κ1) is 31.4. The molecule has 9 nitrogen and oxygen atoms in total. The number of rotatable bonds is 13. The van der Waals surface area contributed by atoms with E-state index in [1.807, 2.05) is 19.9 Å². The van der Waals surface area contributed by atoms with E-state index in [9.17, 15) is 14.7 Å². The average molecular weight is 581 g/mol. The Hall–Kier alpha value is -3.56. The number of hydrogen-bond acceptors (Lipinski definition) is 8. The Morgan fingerprint density at radius 1 is 1.00 bits per heavy atom. The Labute approximate surface area is 249 Å². The Morgan fingerprint density at radius 2 is 1.71 bits per heavy atom. The molecular weight excluding hydrogens is 536 g/mol. The van der Waals surface area contributed by atoms with Crippen LogP contribution in [0, 0.1) is 5.92 Å². The lowest BCUT2D eigenvalue weighted by Gasteiger charge is -2.29. The van der Waals surface area contributed by atoms with Crippen LogP contribution in [-0.2, 0) is 14.3 Å². The summed E-state index contributed by atoms with van der Waals surface area (Å²) in [6.45, 7) is 12.9. The van der Waals surface area contributed by atoms with Gasteiger partial charge in [0.2, 0.25) is 0 Å². The fourth-order valence-electron chi connectivity index (χ4n) is 5.24. The summed E-state index contributed by atoms with van der Waals surface area (Å²) in [5.74, 6) is 0.693. The van der Waals surface area contributed by atoms with Crippen LogP contribution in [0.25, 0.3) is 5.76 Å². The molecule has 0 bridgehead atoms. The van der Waals surface area contributed by atoms with Crippen molar-refractivity contribution in [2.75, 3.05) is 53.1 Å². The monoisotopic (exact) mass is 580 g/mol. The minimum atomic E-state index is -0.778. The van der Waals surface area contributed by atoms with Crippen LogP contribution in [0.5, 0.6) is 17.2 Å². The van der Waals surface area contributed by atoms with E-state index in [1.165, 1.54) is 0 Å². The molecule has 42 heavy (non-hydrogen) atoms. The fraction of sp³-hybridized carbons (Fsp3) is 0.515. The second kappa shape index (κ2) is 14.6. The van der Waals surface area contributed by atoms with E-state index in [-0.39, 0.29) is 17.4 Å². The summed E-state index contributed by atoms with van der Waals surface area (Å²) >= 11 is 0. The first-order chi connectivity index (χ1) is 20.2. The fourth-order valence-corrected chi connectivity index (χ4v) is 5.24. The Balaban J connectivity index is 1.68. The lowest BCUT2D eigenvalue weighted by molar-refractivity contribution is -0.140. The molecular formula is C33H44N2O7. The summed E-state index contributed by atoms with van der Waals surface area (Å²) in [6.07, 6.45) is 1.58. The molecule has 1 unspecified atom stereocenters. The quantitative estimate of drug-likeness (QED) is 0.200. The van der Waals surface area contributed by atoms with E-state index in [0.29, 0.717) is 67.1 Å². The molecule has 9 heteroatoms. The van der Waals surface area contributed by atoms with E-state index in [1.54, 1.807) is 48.4 Å². The number of likely N-dealkylation sites (tertiary alicyclic amines) is 1. The molecule has 228 valence electrons. The van der Waals surface area contributed by atoms with E-state index in [4.69, 9.17) is 18.9 Å². The van der Waals surface area contributed by atoms with Crippen LogP contribution in [0.1, 0.15) is 57.7 Å². The largest absolute Gasteiger partial charge is 0.507 e. The summed E-state index contributed by atoms with van der Waals surface area (Å²) in [5, 5.41) is 11.5. The van der Waals surface area contributed by atoms with E-state index in [0.717, 1.165) is 26.1 Å². The molecule has 2 fully saturated rings. The number of Topliss-reactive ketones (excluding diaryl/α,β-unsaturated/α-hetero) is 1. The zero-order valence-electron chi connectivity index (χ0n) is 25.4. The van der Waals surface area contributed by atoms with Gasteiger partial charge < -0.3 is 29.0 Å². The van der Waals surface area contributed by atoms with Gasteiger partial charge in [-0.25, -0.2) is 0 Å². The number of aliphatic hydroxyl groups is 1. The third-order valence-electron chi connectivity index (χ3n) is 7.47. The predicted octanol–water partition coefficient (Wildman–Crippen LogP) is 5.05. The van der Waals surface area contributed by atoms with Gasteiger partial charge in [-0.2, -0.15) is 0 Å². The van der Waals surface area contributed by atoms with Crippen LogP contribution >= 0.6 is 0 Å². The Kier molecular flexibility index (Phi) is 10.9. The van der Waals surface area contributed by atoms with Gasteiger partial charge in [-0.1, -0.05) is 19.9 Å². The molecule has 0 spiro atoms. The number of nitrogens with zero attached hydrogens (tertiary/aromatic N) is 2. The molecule has 2 heterocycles. The maximum absolute atomic E-state index is 13.5. The topological polar surface area (TPSA) is 97.8 Å². The number of ketones is 1. The zero-order valence-corrected chi connectivity index (χ0v) is 25.4. The third-order valence-corrected chi connectivity index (χ3v) is 7.47. The van der Waals surface area contributed by atoms with Crippen molar-refractivity contribution in [2.24, 2.45) is 5.92 Å². The number of benzene rings is 2. The van der Waals surface area contributed by atoms with Crippen molar-refractivity contribution in [3.8, 4) is 17.2 Å². The number of carbonyl (C=O) groups is 2. The first-order valence-electron chi connectivity index (χ1n) is 14.9. The van der Waals surface area contributed by atoms with E-state index >= 15 is 0 Å². The second-order valence-corrected chi connectivity index (χ2v) is 11.4. The van der Waals surface area contributed by atoms with Crippen LogP contribution in [0.4, 0.5) is 0 Å². The van der Waals surface area contributed by atoms with Gasteiger partial charge in [0.1, 0.15) is 11.5 Å². The predicted molar refractivity (Wildman–Crippen MR) is 161 cm³/mol. The lowest BCUT2D eigenvalue weighted by Crippen LogP contribution is -2.39. The number of aliphatic hydroxyl groups excluding tert-OH is 1. The number of methoxy groups -OCH3 is 1. The van der Waals surface area contributed by atoms with Gasteiger partial charge in [0.15, 0.2) is 11.5 Å². The van der Waals surface area contributed by atoms with Crippen molar-refractivity contribution in [3.63, 3.8) is 0 Å². The van der Waals surface area contributed by atoms with Crippen molar-refractivity contribution < 1.29 is 33.6 Å². The molecule has 0 aliphatic carbocycles. The minimum absolute atomic E-state index is 0.000427. The van der Waals surface area contributed by atoms with Gasteiger partial charge in [-0.3, -0.25) is 14.5 Å². The van der Waals surface area contributed by atoms with Gasteiger partial charge >= 0.3 is 0 Å². The van der Waals surface area contributed by atoms with Crippen LogP contribution in [-0.4, -0.2) is 85.8 Å². The summed E-state index contributed by atoms with van der Waals surface area (Å²) in [6, 6.07) is 11.5. The van der Waals surface area contributed by atoms with Gasteiger partial charge in [0, 0.05) is 31.7 Å². The molecule has 4 rings (SSSR count). The Morgan fingerprint density at radius 3 is 2.36 bits per heavy atom. The number of hydrogen-bond donors (Lipinski definition) is 1. The highest BCUT2D eigenvalue weighted by Gasteiger charge is 2.46. The average Bonchev–Trinajstić information content (AvgIpc) is 3.22. The maximum Gasteiger partial charge on any atom is 0.295 e. The highest BCUT2D eigenvalue weighted by molar-refractivity contribution is 6.46. The molecule has 2 aliphatic heterocycles. The molecule has 0 saturated carbocycles. The summed E-state index contributed by atoms with van der Waals surface area (Å²) in [4.78, 5) is 30.8. The van der Waals surface area contributed by atoms with Gasteiger partial charge in [-0.15, -0.1) is 0 Å². The number of ether oxygens (including phenoxy) is 4. The molecule has 2 aliphatic rings. The van der Waals surface area contributed by atoms with Gasteiger partial charge in [0.05, 0.1) is 44.6 Å². The van der Waals surface area contributed by atoms with Gasteiger partial charge in [-0.05, 0) is 74.6 Å². The van der Waals surface area contributed by atoms with E-state index < -0.39 is 17.7 Å². The molecule has 1 atom stereocenters. The normalized spacial score (nSPS) is 19.1. The smallest absolute Gasteiger partial charge is 0.295 e. The number of carbonyl (C=O) groups excluding carboxylic acids is 2. The zero-order chi connectivity index (χ0) is 30.2. The van der Waals surface area contributed by atoms with Crippen molar-refractivity contribution >= 4 is 17.4 Å². The Bertz CT molecular complexity index is 1250. The summed E-state index contributed by atoms with van der Waals surface area (Å²) in [5.41, 5.74) is 1.15. The number of morpholine rings is 1. The highest BCUT2D eigenvalue weighted by Crippen LogP contribution is 2.42. The van der Waals surface area contributed by atoms with Crippen LogP contribution < -0.4 is 14.2 Å². The van der Waals surface area contributed by atoms with E-state index in [2.05, 4.69) is 18.7 Å². The van der Waals surface area contributed by atoms with Crippen molar-refractivity contribution in [1.82, 2.24) is 9.80 Å². The molecule has 1 amide bonds. The molecule has 2 aromatic rings. The van der Waals surface area contributed by atoms with Crippen LogP contribution in [0.3, 0.4) is 0 Å². The molecule has 0 radical (unpaired) electrons. The minimum Gasteiger partial charge on any atom is -0.507 e. The molecule has 0 aromatic heterocycles. The number of amides is 1. The first-order valence-corrected chi connectivity index (χ1v) is 14.9. The second-order valence-electron chi connectivity index (χ2n) is 11.4. The van der Waals surface area contributed by atoms with Crippen LogP contribution in [0.2, 0.25) is 0 Å². The van der Waals surface area contributed by atoms with Crippen LogP contribution in [0.15, 0.2) is 48.0 Å². The highest BCUT2D eigenvalue weighted by atomic mass is 16.5. The van der Waals surface area contributed by atoms with Crippen molar-refractivity contribution in [3.05, 3.63) is 59.2 Å². The maximum atomic E-state index is 13.5. The molecule has 2 aromatic carbocycles. The summed E-state index contributed by atoms with van der Waals surface area (Å²) < 4.78 is 22.8. The molecule has 1 N–H and O–H groups in total. The van der Waals surface area contributed by atoms with Crippen molar-refractivity contribution in [1.29, 1.82) is 0 Å². The lowest BCUT2D eigenvalue weighted by atomic mass is 9.95. The molecule has 2 saturated heterocycles. The van der Waals surface area contributed by atoms with Gasteiger partial charge in [0.25, 0.3) is 11.7 Å². The third kappa shape index (κ3) is 7.63. The summed E-state index contributed by atoms with van der Waals surface area (Å²) in [7, 11) is 1.56. The van der Waals surface area contributed by atoms with Crippen molar-refractivity contribution in [2.45, 2.75) is 52.7 Å².